The Hall–Kier alpha value is -2.32. The fourth-order valence-corrected chi connectivity index (χ4v) is 4.52. The smallest absolute Gasteiger partial charge is 0.263 e. The molecule has 0 bridgehead atoms. The van der Waals surface area contributed by atoms with Gasteiger partial charge in [-0.1, -0.05) is 0 Å². The van der Waals surface area contributed by atoms with Gasteiger partial charge in [0.2, 0.25) is 0 Å². The summed E-state index contributed by atoms with van der Waals surface area (Å²) in [5.41, 5.74) is 1.93. The maximum atomic E-state index is 12.7. The lowest BCUT2D eigenvalue weighted by atomic mass is 10.1. The molecule has 0 aliphatic carbocycles. The quantitative estimate of drug-likeness (QED) is 0.863. The Bertz CT molecular complexity index is 922. The van der Waals surface area contributed by atoms with Gasteiger partial charge in [0.1, 0.15) is 17.7 Å². The van der Waals surface area contributed by atoms with Gasteiger partial charge in [0, 0.05) is 32.6 Å². The van der Waals surface area contributed by atoms with Gasteiger partial charge >= 0.3 is 0 Å². The van der Waals surface area contributed by atoms with Crippen LogP contribution in [0.1, 0.15) is 12.5 Å². The molecule has 2 aliphatic rings. The number of pyridine rings is 1. The van der Waals surface area contributed by atoms with Crippen molar-refractivity contribution < 1.29 is 13.2 Å². The van der Waals surface area contributed by atoms with E-state index in [2.05, 4.69) is 26.6 Å². The summed E-state index contributed by atoms with van der Waals surface area (Å²) in [4.78, 5) is 9.07. The number of nitrogens with zero attached hydrogens (tertiary/aromatic N) is 3. The number of hydrogen-bond donors (Lipinski definition) is 1. The fraction of sp³-hybridized carbons (Fsp3) is 0.421. The zero-order valence-corrected chi connectivity index (χ0v) is 16.4. The molecule has 7 nitrogen and oxygen atoms in total. The number of anilines is 2. The summed E-state index contributed by atoms with van der Waals surface area (Å²) >= 11 is 0. The summed E-state index contributed by atoms with van der Waals surface area (Å²) in [6.07, 6.45) is 2.52. The van der Waals surface area contributed by atoms with Crippen LogP contribution in [0.5, 0.6) is 5.75 Å². The monoisotopic (exact) mass is 388 g/mol. The van der Waals surface area contributed by atoms with Gasteiger partial charge in [0.15, 0.2) is 0 Å². The Morgan fingerprint density at radius 3 is 2.63 bits per heavy atom. The van der Waals surface area contributed by atoms with E-state index in [1.165, 1.54) is 0 Å². The number of hydrogen-bond acceptors (Lipinski definition) is 6. The summed E-state index contributed by atoms with van der Waals surface area (Å²) in [5.74, 6) is 1.08. The van der Waals surface area contributed by atoms with Crippen LogP contribution in [0.2, 0.25) is 0 Å². The fourth-order valence-electron chi connectivity index (χ4n) is 3.46. The summed E-state index contributed by atoms with van der Waals surface area (Å²) in [6.45, 7) is 5.88. The van der Waals surface area contributed by atoms with E-state index in [0.717, 1.165) is 49.6 Å². The highest BCUT2D eigenvalue weighted by molar-refractivity contribution is 7.92. The molecule has 0 saturated carbocycles. The molecule has 1 atom stereocenters. The molecule has 2 aromatic rings. The molecular weight excluding hydrogens is 364 g/mol. The summed E-state index contributed by atoms with van der Waals surface area (Å²) in [5, 5.41) is 0. The Morgan fingerprint density at radius 2 is 1.93 bits per heavy atom. The molecule has 1 aromatic carbocycles. The first kappa shape index (κ1) is 18.1. The normalized spacial score (nSPS) is 20.2. The van der Waals surface area contributed by atoms with Crippen molar-refractivity contribution in [3.63, 3.8) is 0 Å². The van der Waals surface area contributed by atoms with Crippen LogP contribution >= 0.6 is 0 Å². The minimum atomic E-state index is -3.69. The van der Waals surface area contributed by atoms with E-state index >= 15 is 0 Å². The minimum Gasteiger partial charge on any atom is -0.490 e. The molecule has 1 unspecified atom stereocenters. The summed E-state index contributed by atoms with van der Waals surface area (Å²) < 4.78 is 33.6. The molecular formula is C19H24N4O3S. The van der Waals surface area contributed by atoms with Crippen molar-refractivity contribution in [1.82, 2.24) is 9.88 Å². The molecule has 0 spiro atoms. The Labute approximate surface area is 160 Å². The number of fused-ring (bicyclic) bond motifs is 1. The average molecular weight is 388 g/mol. The molecule has 1 N–H and O–H groups in total. The Kier molecular flexibility index (Phi) is 4.69. The second-order valence-corrected chi connectivity index (χ2v) is 8.88. The number of likely N-dealkylation sites (N-methyl/N-ethyl adjacent to an activating group) is 1. The van der Waals surface area contributed by atoms with Gasteiger partial charge in [-0.15, -0.1) is 0 Å². The van der Waals surface area contributed by atoms with Gasteiger partial charge in [-0.3, -0.25) is 4.72 Å². The molecule has 4 rings (SSSR count). The third-order valence-corrected chi connectivity index (χ3v) is 6.39. The molecule has 2 aliphatic heterocycles. The third kappa shape index (κ3) is 3.86. The predicted molar refractivity (Wildman–Crippen MR) is 105 cm³/mol. The maximum absolute atomic E-state index is 12.7. The van der Waals surface area contributed by atoms with Gasteiger partial charge < -0.3 is 14.5 Å². The van der Waals surface area contributed by atoms with E-state index in [1.807, 2.05) is 13.0 Å². The number of piperazine rings is 1. The molecule has 1 saturated heterocycles. The van der Waals surface area contributed by atoms with Crippen molar-refractivity contribution in [2.45, 2.75) is 24.3 Å². The van der Waals surface area contributed by atoms with Gasteiger partial charge in [-0.05, 0) is 49.9 Å². The van der Waals surface area contributed by atoms with Crippen LogP contribution in [-0.2, 0) is 16.4 Å². The Balaban J connectivity index is 1.47. The largest absolute Gasteiger partial charge is 0.490 e. The molecule has 3 heterocycles. The topological polar surface area (TPSA) is 74.8 Å². The first-order chi connectivity index (χ1) is 12.9. The van der Waals surface area contributed by atoms with E-state index in [-0.39, 0.29) is 11.0 Å². The number of ether oxygens (including phenoxy) is 1. The van der Waals surface area contributed by atoms with Crippen molar-refractivity contribution in [2.75, 3.05) is 42.8 Å². The van der Waals surface area contributed by atoms with Gasteiger partial charge in [0.25, 0.3) is 10.0 Å². The van der Waals surface area contributed by atoms with Crippen molar-refractivity contribution in [1.29, 1.82) is 0 Å². The second-order valence-electron chi connectivity index (χ2n) is 7.20. The zero-order valence-electron chi connectivity index (χ0n) is 15.6. The minimum absolute atomic E-state index is 0.0784. The lowest BCUT2D eigenvalue weighted by Gasteiger charge is -2.33. The second kappa shape index (κ2) is 7.01. The third-order valence-electron chi connectivity index (χ3n) is 5.03. The van der Waals surface area contributed by atoms with Crippen LogP contribution in [-0.4, -0.2) is 57.6 Å². The number of aromatic nitrogens is 1. The van der Waals surface area contributed by atoms with Crippen LogP contribution in [0.15, 0.2) is 41.4 Å². The predicted octanol–water partition coefficient (Wildman–Crippen LogP) is 1.96. The standard InChI is InChI=1S/C19H24N4O3S/c1-14-11-15-12-17(4-5-18(15)26-14)27(24,25)21-19-6-3-16(13-20-19)23-9-7-22(2)8-10-23/h3-6,12-14H,7-11H2,1-2H3,(H,20,21). The van der Waals surface area contributed by atoms with Gasteiger partial charge in [-0.25, -0.2) is 13.4 Å². The molecule has 1 fully saturated rings. The SMILES string of the molecule is CC1Cc2cc(S(=O)(=O)Nc3ccc(N4CCN(C)CC4)cn3)ccc2O1. The summed E-state index contributed by atoms with van der Waals surface area (Å²) in [6, 6.07) is 8.59. The van der Waals surface area contributed by atoms with E-state index in [4.69, 9.17) is 4.74 Å². The first-order valence-electron chi connectivity index (χ1n) is 9.13. The van der Waals surface area contributed by atoms with E-state index in [1.54, 1.807) is 30.5 Å². The van der Waals surface area contributed by atoms with Crippen LogP contribution < -0.4 is 14.4 Å². The molecule has 8 heteroatoms. The number of nitrogens with one attached hydrogen (secondary N) is 1. The van der Waals surface area contributed by atoms with E-state index < -0.39 is 10.0 Å². The van der Waals surface area contributed by atoms with Gasteiger partial charge in [0.05, 0.1) is 16.8 Å². The van der Waals surface area contributed by atoms with Crippen LogP contribution in [0.4, 0.5) is 11.5 Å². The lowest BCUT2D eigenvalue weighted by Crippen LogP contribution is -2.44. The van der Waals surface area contributed by atoms with Gasteiger partial charge in [-0.2, -0.15) is 0 Å². The van der Waals surface area contributed by atoms with Crippen molar-refractivity contribution in [2.24, 2.45) is 0 Å². The average Bonchev–Trinajstić information content (AvgIpc) is 3.02. The van der Waals surface area contributed by atoms with E-state index in [0.29, 0.717) is 5.82 Å². The molecule has 27 heavy (non-hydrogen) atoms. The highest BCUT2D eigenvalue weighted by Crippen LogP contribution is 2.31. The van der Waals surface area contributed by atoms with Crippen molar-refractivity contribution in [3.05, 3.63) is 42.1 Å². The van der Waals surface area contributed by atoms with Crippen LogP contribution in [0, 0.1) is 0 Å². The number of rotatable bonds is 4. The maximum Gasteiger partial charge on any atom is 0.263 e. The van der Waals surface area contributed by atoms with Crippen molar-refractivity contribution in [3.8, 4) is 5.75 Å². The zero-order chi connectivity index (χ0) is 19.0. The molecule has 144 valence electrons. The molecule has 1 aromatic heterocycles. The summed E-state index contributed by atoms with van der Waals surface area (Å²) in [7, 11) is -1.58. The molecule has 0 radical (unpaired) electrons. The van der Waals surface area contributed by atoms with Crippen LogP contribution in [0.25, 0.3) is 0 Å². The lowest BCUT2D eigenvalue weighted by molar-refractivity contribution is 0.254. The van der Waals surface area contributed by atoms with E-state index in [9.17, 15) is 8.42 Å². The Morgan fingerprint density at radius 1 is 1.15 bits per heavy atom. The highest BCUT2D eigenvalue weighted by Gasteiger charge is 2.23. The van der Waals surface area contributed by atoms with Crippen LogP contribution in [0.3, 0.4) is 0 Å². The first-order valence-corrected chi connectivity index (χ1v) is 10.6. The number of sulfonamides is 1. The highest BCUT2D eigenvalue weighted by atomic mass is 32.2. The molecule has 0 amide bonds. The van der Waals surface area contributed by atoms with Crippen molar-refractivity contribution >= 4 is 21.5 Å². The number of benzene rings is 1.